The lowest BCUT2D eigenvalue weighted by molar-refractivity contribution is 0.0815. The zero-order chi connectivity index (χ0) is 12.7. The third kappa shape index (κ3) is 2.54. The standard InChI is InChI=1S/C15H25N3S/c1-2-4-13-12(3-1)10-19-15(16-13)17-14-9-18-7-5-11(14)6-8-18/h11-14H,1-10H2,(H,16,17). The normalized spacial score (nSPS) is 45.5. The second-order valence-corrected chi connectivity index (χ2v) is 7.75. The number of fused-ring (bicyclic) bond motifs is 4. The van der Waals surface area contributed by atoms with E-state index < -0.39 is 0 Å². The number of aliphatic imine (C=N–C) groups is 1. The average Bonchev–Trinajstić information content (AvgIpc) is 2.48. The third-order valence-electron chi connectivity index (χ3n) is 5.55. The van der Waals surface area contributed by atoms with E-state index in [1.54, 1.807) is 0 Å². The van der Waals surface area contributed by atoms with Crippen molar-refractivity contribution in [1.29, 1.82) is 0 Å². The second kappa shape index (κ2) is 5.28. The molecular formula is C15H25N3S. The van der Waals surface area contributed by atoms with Gasteiger partial charge in [0.1, 0.15) is 0 Å². The van der Waals surface area contributed by atoms with Gasteiger partial charge in [-0.15, -0.1) is 0 Å². The van der Waals surface area contributed by atoms with E-state index in [0.29, 0.717) is 12.1 Å². The van der Waals surface area contributed by atoms with Gasteiger partial charge in [-0.05, 0) is 50.6 Å². The fourth-order valence-corrected chi connectivity index (χ4v) is 5.50. The Balaban J connectivity index is 1.41. The minimum atomic E-state index is 0.638. The Bertz CT molecular complexity index is 362. The summed E-state index contributed by atoms with van der Waals surface area (Å²) in [7, 11) is 0. The molecule has 1 aliphatic carbocycles. The van der Waals surface area contributed by atoms with E-state index >= 15 is 0 Å². The molecule has 0 aromatic rings. The van der Waals surface area contributed by atoms with Gasteiger partial charge in [-0.25, -0.2) is 0 Å². The molecule has 2 bridgehead atoms. The molecule has 19 heavy (non-hydrogen) atoms. The predicted molar refractivity (Wildman–Crippen MR) is 81.7 cm³/mol. The number of amidine groups is 1. The first kappa shape index (κ1) is 12.5. The lowest BCUT2D eigenvalue weighted by atomic mass is 9.84. The number of piperidine rings is 3. The molecule has 1 saturated carbocycles. The van der Waals surface area contributed by atoms with E-state index in [-0.39, 0.29) is 0 Å². The van der Waals surface area contributed by atoms with Crippen LogP contribution >= 0.6 is 11.8 Å². The maximum Gasteiger partial charge on any atom is 0.157 e. The summed E-state index contributed by atoms with van der Waals surface area (Å²) in [6.07, 6.45) is 8.34. The van der Waals surface area contributed by atoms with Gasteiger partial charge in [0.25, 0.3) is 0 Å². The molecule has 4 heterocycles. The Kier molecular flexibility index (Phi) is 3.48. The van der Waals surface area contributed by atoms with Crippen LogP contribution in [0.1, 0.15) is 38.5 Å². The highest BCUT2D eigenvalue weighted by atomic mass is 32.2. The van der Waals surface area contributed by atoms with Gasteiger partial charge in [0.15, 0.2) is 5.17 Å². The third-order valence-corrected chi connectivity index (χ3v) is 6.64. The summed E-state index contributed by atoms with van der Waals surface area (Å²) in [6.45, 7) is 3.90. The molecule has 3 unspecified atom stereocenters. The number of hydrogen-bond donors (Lipinski definition) is 1. The first-order chi connectivity index (χ1) is 9.38. The number of nitrogens with one attached hydrogen (secondary N) is 1. The van der Waals surface area contributed by atoms with Crippen LogP contribution in [0.5, 0.6) is 0 Å². The van der Waals surface area contributed by atoms with Gasteiger partial charge in [-0.3, -0.25) is 4.99 Å². The fraction of sp³-hybridized carbons (Fsp3) is 0.933. The van der Waals surface area contributed by atoms with Crippen molar-refractivity contribution in [3.63, 3.8) is 0 Å². The number of rotatable bonds is 1. The number of nitrogens with zero attached hydrogens (tertiary/aromatic N) is 2. The average molecular weight is 279 g/mol. The van der Waals surface area contributed by atoms with Crippen molar-refractivity contribution in [2.75, 3.05) is 25.4 Å². The van der Waals surface area contributed by atoms with E-state index in [9.17, 15) is 0 Å². The monoisotopic (exact) mass is 279 g/mol. The van der Waals surface area contributed by atoms with Crippen molar-refractivity contribution in [2.45, 2.75) is 50.6 Å². The van der Waals surface area contributed by atoms with Gasteiger partial charge in [0.2, 0.25) is 0 Å². The van der Waals surface area contributed by atoms with Gasteiger partial charge in [-0.1, -0.05) is 24.6 Å². The molecule has 0 spiro atoms. The Labute approximate surface area is 120 Å². The molecular weight excluding hydrogens is 254 g/mol. The molecule has 4 aliphatic heterocycles. The van der Waals surface area contributed by atoms with E-state index in [1.807, 2.05) is 11.8 Å². The van der Waals surface area contributed by atoms with Gasteiger partial charge >= 0.3 is 0 Å². The number of thioether (sulfide) groups is 1. The molecule has 0 aromatic carbocycles. The summed E-state index contributed by atoms with van der Waals surface area (Å²) in [5.74, 6) is 3.07. The molecule has 0 aromatic heterocycles. The van der Waals surface area contributed by atoms with Crippen molar-refractivity contribution in [1.82, 2.24) is 10.2 Å². The van der Waals surface area contributed by atoms with Crippen molar-refractivity contribution in [2.24, 2.45) is 16.8 Å². The first-order valence-electron chi connectivity index (χ1n) is 8.08. The lowest BCUT2D eigenvalue weighted by Gasteiger charge is -2.45. The van der Waals surface area contributed by atoms with Crippen LogP contribution in [0, 0.1) is 11.8 Å². The Morgan fingerprint density at radius 1 is 1.05 bits per heavy atom. The van der Waals surface area contributed by atoms with E-state index in [1.165, 1.54) is 69.1 Å². The summed E-state index contributed by atoms with van der Waals surface area (Å²) in [6, 6.07) is 1.31. The van der Waals surface area contributed by atoms with E-state index in [0.717, 1.165) is 11.8 Å². The number of hydrogen-bond acceptors (Lipinski definition) is 4. The summed E-state index contributed by atoms with van der Waals surface area (Å²) in [5, 5.41) is 5.06. The fourth-order valence-electron chi connectivity index (χ4n) is 4.29. The van der Waals surface area contributed by atoms with Gasteiger partial charge in [-0.2, -0.15) is 0 Å². The smallest absolute Gasteiger partial charge is 0.157 e. The maximum atomic E-state index is 5.03. The second-order valence-electron chi connectivity index (χ2n) is 6.75. The van der Waals surface area contributed by atoms with Crippen LogP contribution in [-0.2, 0) is 0 Å². The minimum Gasteiger partial charge on any atom is -0.361 e. The van der Waals surface area contributed by atoms with Gasteiger partial charge in [0, 0.05) is 18.3 Å². The SMILES string of the molecule is C1CCC2N=C(NC3CN4CCC3CC4)SCC2C1. The summed E-state index contributed by atoms with van der Waals surface area (Å²) in [5.41, 5.74) is 0. The zero-order valence-corrected chi connectivity index (χ0v) is 12.5. The van der Waals surface area contributed by atoms with Gasteiger partial charge < -0.3 is 10.2 Å². The quantitative estimate of drug-likeness (QED) is 0.798. The molecule has 5 aliphatic rings. The molecule has 0 radical (unpaired) electrons. The predicted octanol–water partition coefficient (Wildman–Crippen LogP) is 2.33. The molecule has 5 rings (SSSR count). The molecule has 3 nitrogen and oxygen atoms in total. The highest BCUT2D eigenvalue weighted by molar-refractivity contribution is 8.13. The molecule has 0 amide bonds. The minimum absolute atomic E-state index is 0.638. The molecule has 106 valence electrons. The van der Waals surface area contributed by atoms with Crippen molar-refractivity contribution >= 4 is 16.9 Å². The first-order valence-corrected chi connectivity index (χ1v) is 9.06. The summed E-state index contributed by atoms with van der Waals surface area (Å²) in [4.78, 5) is 7.65. The Morgan fingerprint density at radius 2 is 1.89 bits per heavy atom. The van der Waals surface area contributed by atoms with Crippen molar-refractivity contribution in [3.05, 3.63) is 0 Å². The zero-order valence-electron chi connectivity index (χ0n) is 11.7. The van der Waals surface area contributed by atoms with Crippen molar-refractivity contribution < 1.29 is 0 Å². The topological polar surface area (TPSA) is 27.6 Å². The molecule has 4 fully saturated rings. The van der Waals surface area contributed by atoms with Crippen molar-refractivity contribution in [3.8, 4) is 0 Å². The molecule has 3 saturated heterocycles. The highest BCUT2D eigenvalue weighted by Gasteiger charge is 2.36. The molecule has 3 atom stereocenters. The van der Waals surface area contributed by atoms with Crippen LogP contribution in [-0.4, -0.2) is 47.5 Å². The summed E-state index contributed by atoms with van der Waals surface area (Å²) < 4.78 is 0. The Morgan fingerprint density at radius 3 is 2.68 bits per heavy atom. The maximum absolute atomic E-state index is 5.03. The van der Waals surface area contributed by atoms with Crippen LogP contribution in [0.15, 0.2) is 4.99 Å². The van der Waals surface area contributed by atoms with E-state index in [4.69, 9.17) is 4.99 Å². The van der Waals surface area contributed by atoms with E-state index in [2.05, 4.69) is 10.2 Å². The molecule has 1 N–H and O–H groups in total. The van der Waals surface area contributed by atoms with Crippen LogP contribution < -0.4 is 5.32 Å². The van der Waals surface area contributed by atoms with Crippen LogP contribution in [0.3, 0.4) is 0 Å². The summed E-state index contributed by atoms with van der Waals surface area (Å²) >= 11 is 1.99. The highest BCUT2D eigenvalue weighted by Crippen LogP contribution is 2.34. The molecule has 4 heteroatoms. The Hall–Kier alpha value is -0.220. The largest absolute Gasteiger partial charge is 0.361 e. The van der Waals surface area contributed by atoms with Gasteiger partial charge in [0.05, 0.1) is 6.04 Å². The van der Waals surface area contributed by atoms with Crippen LogP contribution in [0.2, 0.25) is 0 Å². The van der Waals surface area contributed by atoms with Crippen LogP contribution in [0.25, 0.3) is 0 Å². The van der Waals surface area contributed by atoms with Crippen LogP contribution in [0.4, 0.5) is 0 Å². The lowest BCUT2D eigenvalue weighted by Crippen LogP contribution is -2.57.